The third-order valence-electron chi connectivity index (χ3n) is 11.6. The van der Waals surface area contributed by atoms with Gasteiger partial charge in [0.25, 0.3) is 0 Å². The van der Waals surface area contributed by atoms with E-state index < -0.39 is 0 Å². The van der Waals surface area contributed by atoms with Gasteiger partial charge in [-0.25, -0.2) is 0 Å². The molecule has 7 rings (SSSR count). The molecule has 0 fully saturated rings. The summed E-state index contributed by atoms with van der Waals surface area (Å²) in [5.41, 5.74) is 13.1. The van der Waals surface area contributed by atoms with Crippen molar-refractivity contribution in [1.82, 2.24) is 0 Å². The van der Waals surface area contributed by atoms with Crippen molar-refractivity contribution in [2.75, 3.05) is 0 Å². The highest BCUT2D eigenvalue weighted by atomic mass is 14.3. The Morgan fingerprint density at radius 1 is 0.250 bits per heavy atom. The minimum Gasteiger partial charge on any atom is -0.0560 e. The van der Waals surface area contributed by atoms with E-state index in [0.29, 0.717) is 0 Å². The van der Waals surface area contributed by atoms with E-state index in [1.165, 1.54) is 89.0 Å². The SMILES string of the molecule is CC(C)(C)c1ccc([C+](c2ccc(C(C)(C)C)cc2)c2c3ccccc3c([C+](c3ccc(C(C)(C)C)cc3)c3ccc(C(C)(C)C)cc3)c3ccccc23)cc1. The van der Waals surface area contributed by atoms with Crippen LogP contribution in [0.1, 0.15) is 139 Å². The third kappa shape index (κ3) is 7.64. The van der Waals surface area contributed by atoms with Crippen molar-refractivity contribution in [2.24, 2.45) is 0 Å². The summed E-state index contributed by atoms with van der Waals surface area (Å²) >= 11 is 0. The maximum absolute atomic E-state index is 2.34. The molecule has 0 aliphatic heterocycles. The Hall–Kier alpha value is -5.20. The molecule has 0 heteroatoms. The summed E-state index contributed by atoms with van der Waals surface area (Å²) in [5.74, 6) is 2.52. The molecule has 0 aliphatic carbocycles. The molecule has 282 valence electrons. The first-order chi connectivity index (χ1) is 26.3. The van der Waals surface area contributed by atoms with Crippen LogP contribution in [0.5, 0.6) is 0 Å². The van der Waals surface area contributed by atoms with Crippen LogP contribution in [0, 0.1) is 11.8 Å². The highest BCUT2D eigenvalue weighted by Gasteiger charge is 2.35. The van der Waals surface area contributed by atoms with Gasteiger partial charge in [-0.3, -0.25) is 0 Å². The van der Waals surface area contributed by atoms with Crippen LogP contribution in [-0.4, -0.2) is 0 Å². The molecule has 0 bridgehead atoms. The Morgan fingerprint density at radius 2 is 0.429 bits per heavy atom. The summed E-state index contributed by atoms with van der Waals surface area (Å²) in [7, 11) is 0. The summed E-state index contributed by atoms with van der Waals surface area (Å²) in [4.78, 5) is 0. The van der Waals surface area contributed by atoms with Gasteiger partial charge in [-0.1, -0.05) is 107 Å². The van der Waals surface area contributed by atoms with Crippen molar-refractivity contribution in [2.45, 2.75) is 105 Å². The van der Waals surface area contributed by atoms with Crippen LogP contribution in [0.25, 0.3) is 21.5 Å². The fraction of sp³-hybridized carbons (Fsp3) is 0.286. The zero-order valence-corrected chi connectivity index (χ0v) is 35.9. The molecule has 0 atom stereocenters. The zero-order chi connectivity index (χ0) is 40.2. The van der Waals surface area contributed by atoms with E-state index in [1.54, 1.807) is 0 Å². The van der Waals surface area contributed by atoms with Gasteiger partial charge in [-0.05, 0) is 165 Å². The predicted octanol–water partition coefficient (Wildman–Crippen LogP) is 15.2. The van der Waals surface area contributed by atoms with Crippen LogP contribution < -0.4 is 0 Å². The molecule has 0 nitrogen and oxygen atoms in total. The van der Waals surface area contributed by atoms with E-state index in [0.717, 1.165) is 0 Å². The Labute approximate surface area is 338 Å². The van der Waals surface area contributed by atoms with Crippen LogP contribution in [-0.2, 0) is 21.7 Å². The largest absolute Gasteiger partial charge is 0.0809 e. The molecule has 0 heterocycles. The lowest BCUT2D eigenvalue weighted by Gasteiger charge is -2.24. The third-order valence-corrected chi connectivity index (χ3v) is 11.6. The summed E-state index contributed by atoms with van der Waals surface area (Å²) in [5, 5.41) is 5.02. The second kappa shape index (κ2) is 14.4. The molecular formula is C56H60+2. The van der Waals surface area contributed by atoms with Gasteiger partial charge in [-0.2, -0.15) is 0 Å². The first-order valence-electron chi connectivity index (χ1n) is 20.4. The van der Waals surface area contributed by atoms with E-state index in [4.69, 9.17) is 0 Å². The Bertz CT molecular complexity index is 2100. The first kappa shape index (κ1) is 39.1. The second-order valence-corrected chi connectivity index (χ2v) is 19.9. The van der Waals surface area contributed by atoms with Crippen LogP contribution in [0.15, 0.2) is 146 Å². The lowest BCUT2D eigenvalue weighted by Crippen LogP contribution is -2.14. The number of rotatable bonds is 6. The average molecular weight is 733 g/mol. The number of hydrogen-bond donors (Lipinski definition) is 0. The molecule has 7 aromatic carbocycles. The second-order valence-electron chi connectivity index (χ2n) is 19.9. The highest BCUT2D eigenvalue weighted by molar-refractivity contribution is 6.11. The van der Waals surface area contributed by atoms with Gasteiger partial charge in [0.1, 0.15) is 0 Å². The lowest BCUT2D eigenvalue weighted by molar-refractivity contribution is 0.589. The van der Waals surface area contributed by atoms with E-state index >= 15 is 0 Å². The number of fused-ring (bicyclic) bond motifs is 2. The van der Waals surface area contributed by atoms with Crippen molar-refractivity contribution in [3.63, 3.8) is 0 Å². The summed E-state index contributed by atoms with van der Waals surface area (Å²) in [6.45, 7) is 27.5. The summed E-state index contributed by atoms with van der Waals surface area (Å²) in [6.07, 6.45) is 0. The quantitative estimate of drug-likeness (QED) is 0.0907. The van der Waals surface area contributed by atoms with E-state index in [1.807, 2.05) is 0 Å². The van der Waals surface area contributed by atoms with Gasteiger partial charge >= 0.3 is 0 Å². The maximum Gasteiger partial charge on any atom is 0.0809 e. The van der Waals surface area contributed by atoms with E-state index in [9.17, 15) is 0 Å². The van der Waals surface area contributed by atoms with Gasteiger partial charge in [0, 0.05) is 0 Å². The fourth-order valence-electron chi connectivity index (χ4n) is 8.13. The molecule has 0 unspecified atom stereocenters. The topological polar surface area (TPSA) is 0 Å². The van der Waals surface area contributed by atoms with Gasteiger partial charge in [0.05, 0.1) is 66.8 Å². The van der Waals surface area contributed by atoms with E-state index in [-0.39, 0.29) is 21.7 Å². The van der Waals surface area contributed by atoms with Crippen molar-refractivity contribution in [3.8, 4) is 0 Å². The van der Waals surface area contributed by atoms with Crippen molar-refractivity contribution in [1.29, 1.82) is 0 Å². The number of hydrogen-bond acceptors (Lipinski definition) is 0. The molecule has 0 N–H and O–H groups in total. The van der Waals surface area contributed by atoms with Gasteiger partial charge in [0.2, 0.25) is 0 Å². The monoisotopic (exact) mass is 732 g/mol. The molecule has 0 saturated heterocycles. The molecule has 0 aromatic heterocycles. The van der Waals surface area contributed by atoms with Crippen molar-refractivity contribution >= 4 is 21.5 Å². The summed E-state index contributed by atoms with van der Waals surface area (Å²) in [6, 6.07) is 55.6. The minimum atomic E-state index is 0.0660. The first-order valence-corrected chi connectivity index (χ1v) is 20.4. The highest BCUT2D eigenvalue weighted by Crippen LogP contribution is 2.47. The van der Waals surface area contributed by atoms with Crippen LogP contribution in [0.2, 0.25) is 0 Å². The maximum atomic E-state index is 2.34. The molecule has 0 radical (unpaired) electrons. The molecule has 0 spiro atoms. The zero-order valence-electron chi connectivity index (χ0n) is 35.9. The predicted molar refractivity (Wildman–Crippen MR) is 243 cm³/mol. The normalized spacial score (nSPS) is 12.6. The van der Waals surface area contributed by atoms with Crippen LogP contribution in [0.3, 0.4) is 0 Å². The van der Waals surface area contributed by atoms with E-state index in [2.05, 4.69) is 229 Å². The smallest absolute Gasteiger partial charge is 0.0560 e. The van der Waals surface area contributed by atoms with Crippen molar-refractivity contribution in [3.05, 3.63) is 213 Å². The lowest BCUT2D eigenvalue weighted by atomic mass is 9.74. The summed E-state index contributed by atoms with van der Waals surface area (Å²) < 4.78 is 0. The molecule has 7 aromatic rings. The van der Waals surface area contributed by atoms with Crippen LogP contribution in [0.4, 0.5) is 0 Å². The minimum absolute atomic E-state index is 0.0660. The Morgan fingerprint density at radius 3 is 0.589 bits per heavy atom. The number of benzene rings is 7. The van der Waals surface area contributed by atoms with Gasteiger partial charge in [0.15, 0.2) is 0 Å². The standard InChI is InChI=1S/C56H60/c1-53(2,3)41-29-21-37(22-30-41)49(38-23-31-42(32-24-38)54(4,5)6)51-45-17-13-15-19-47(45)52(48-20-16-14-18-46(48)51)50(39-25-33-43(34-26-39)55(7,8)9)40-27-35-44(36-28-40)56(10,11)12/h13-36H,1-12H3/q+2. The molecule has 0 saturated carbocycles. The Balaban J connectivity index is 1.55. The molecular weight excluding hydrogens is 673 g/mol. The molecule has 0 aliphatic rings. The molecule has 56 heavy (non-hydrogen) atoms. The molecule has 0 amide bonds. The Kier molecular flexibility index (Phi) is 10.0. The average Bonchev–Trinajstić information content (AvgIpc) is 3.15. The van der Waals surface area contributed by atoms with Crippen LogP contribution >= 0.6 is 0 Å². The van der Waals surface area contributed by atoms with Gasteiger partial charge in [-0.15, -0.1) is 0 Å². The van der Waals surface area contributed by atoms with Gasteiger partial charge < -0.3 is 0 Å². The fourth-order valence-corrected chi connectivity index (χ4v) is 8.13. The van der Waals surface area contributed by atoms with Crippen molar-refractivity contribution < 1.29 is 0 Å².